The largest absolute Gasteiger partial charge is 0.495 e. The van der Waals surface area contributed by atoms with E-state index in [1.165, 1.54) is 44.2 Å². The molecule has 1 aliphatic carbocycles. The minimum atomic E-state index is -3.68. The van der Waals surface area contributed by atoms with E-state index < -0.39 is 27.9 Å². The molecule has 0 saturated heterocycles. The summed E-state index contributed by atoms with van der Waals surface area (Å²) in [6, 6.07) is 3.56. The van der Waals surface area contributed by atoms with Crippen LogP contribution in [0.5, 0.6) is 5.75 Å². The summed E-state index contributed by atoms with van der Waals surface area (Å²) in [6.45, 7) is 1.49. The number of sulfonamides is 1. The quantitative estimate of drug-likeness (QED) is 0.620. The first kappa shape index (κ1) is 20.0. The lowest BCUT2D eigenvalue weighted by molar-refractivity contribution is -0.141. The van der Waals surface area contributed by atoms with Crippen molar-refractivity contribution < 1.29 is 27.9 Å². The number of rotatable bonds is 8. The molecule has 2 rings (SSSR count). The molecule has 0 aliphatic heterocycles. The highest BCUT2D eigenvalue weighted by Gasteiger charge is 2.28. The van der Waals surface area contributed by atoms with Gasteiger partial charge in [0.15, 0.2) is 0 Å². The number of carboxylic acid groups (broad SMARTS) is 1. The molecule has 0 aromatic heterocycles. The zero-order chi connectivity index (χ0) is 19.5. The van der Waals surface area contributed by atoms with Gasteiger partial charge in [-0.05, 0) is 31.0 Å². The lowest BCUT2D eigenvalue weighted by Gasteiger charge is -2.21. The van der Waals surface area contributed by atoms with Gasteiger partial charge in [0.2, 0.25) is 10.0 Å². The Labute approximate surface area is 152 Å². The van der Waals surface area contributed by atoms with Crippen molar-refractivity contribution in [3.63, 3.8) is 0 Å². The third kappa shape index (κ3) is 5.09. The zero-order valence-electron chi connectivity index (χ0n) is 14.9. The number of nitrogens with zero attached hydrogens (tertiary/aromatic N) is 1. The van der Waals surface area contributed by atoms with Gasteiger partial charge in [0.25, 0.3) is 0 Å². The first-order valence-corrected chi connectivity index (χ1v) is 9.57. The summed E-state index contributed by atoms with van der Waals surface area (Å²) in [5, 5.41) is 11.5. The molecule has 2 amide bonds. The fraction of sp³-hybridized carbons (Fsp3) is 0.500. The van der Waals surface area contributed by atoms with Gasteiger partial charge in [0.1, 0.15) is 5.75 Å². The van der Waals surface area contributed by atoms with E-state index in [-0.39, 0.29) is 23.2 Å². The highest BCUT2D eigenvalue weighted by Crippen LogP contribution is 2.29. The number of carboxylic acids is 1. The average Bonchev–Trinajstić information content (AvgIpc) is 3.37. The summed E-state index contributed by atoms with van der Waals surface area (Å²) in [7, 11) is -0.823. The van der Waals surface area contributed by atoms with E-state index in [0.717, 1.165) is 12.8 Å². The summed E-state index contributed by atoms with van der Waals surface area (Å²) < 4.78 is 32.4. The SMILES string of the molecule is COc1ccc(S(=O)(=O)NC2CC2)cc1NC(=O)N(C)CC(C)C(=O)O. The van der Waals surface area contributed by atoms with Crippen molar-refractivity contribution in [2.24, 2.45) is 5.92 Å². The lowest BCUT2D eigenvalue weighted by atomic mass is 10.2. The normalized spacial score (nSPS) is 15.2. The monoisotopic (exact) mass is 385 g/mol. The number of hydrogen-bond donors (Lipinski definition) is 3. The van der Waals surface area contributed by atoms with E-state index in [1.54, 1.807) is 0 Å². The molecule has 10 heteroatoms. The van der Waals surface area contributed by atoms with Crippen LogP contribution < -0.4 is 14.8 Å². The van der Waals surface area contributed by atoms with Gasteiger partial charge in [-0.2, -0.15) is 0 Å². The first-order valence-electron chi connectivity index (χ1n) is 8.09. The van der Waals surface area contributed by atoms with Crippen molar-refractivity contribution in [2.45, 2.75) is 30.7 Å². The second kappa shape index (κ2) is 7.92. The molecule has 144 valence electrons. The maximum atomic E-state index is 12.3. The maximum Gasteiger partial charge on any atom is 0.321 e. The van der Waals surface area contributed by atoms with Crippen molar-refractivity contribution in [3.05, 3.63) is 18.2 Å². The summed E-state index contributed by atoms with van der Waals surface area (Å²) >= 11 is 0. The number of carbonyl (C=O) groups excluding carboxylic acids is 1. The lowest BCUT2D eigenvalue weighted by Crippen LogP contribution is -2.36. The number of methoxy groups -OCH3 is 1. The van der Waals surface area contributed by atoms with Gasteiger partial charge in [0, 0.05) is 19.6 Å². The van der Waals surface area contributed by atoms with Crippen molar-refractivity contribution >= 4 is 27.7 Å². The van der Waals surface area contributed by atoms with Crippen LogP contribution in [0.1, 0.15) is 19.8 Å². The second-order valence-electron chi connectivity index (χ2n) is 6.31. The Morgan fingerprint density at radius 3 is 2.58 bits per heavy atom. The highest BCUT2D eigenvalue weighted by atomic mass is 32.2. The number of anilines is 1. The topological polar surface area (TPSA) is 125 Å². The van der Waals surface area contributed by atoms with E-state index in [2.05, 4.69) is 10.0 Å². The molecular weight excluding hydrogens is 362 g/mol. The molecule has 9 nitrogen and oxygen atoms in total. The third-order valence-corrected chi connectivity index (χ3v) is 5.46. The Hall–Kier alpha value is -2.33. The molecule has 1 aliphatic rings. The van der Waals surface area contributed by atoms with Gasteiger partial charge in [-0.15, -0.1) is 0 Å². The van der Waals surface area contributed by atoms with Crippen molar-refractivity contribution in [2.75, 3.05) is 26.0 Å². The molecule has 1 aromatic rings. The van der Waals surface area contributed by atoms with Gasteiger partial charge in [0.05, 0.1) is 23.6 Å². The van der Waals surface area contributed by atoms with Crippen molar-refractivity contribution in [3.8, 4) is 5.75 Å². The van der Waals surface area contributed by atoms with Gasteiger partial charge in [-0.3, -0.25) is 4.79 Å². The van der Waals surface area contributed by atoms with Gasteiger partial charge < -0.3 is 20.1 Å². The fourth-order valence-electron chi connectivity index (χ4n) is 2.22. The minimum absolute atomic E-state index is 0.00467. The molecule has 1 fully saturated rings. The molecule has 0 heterocycles. The number of aliphatic carboxylic acids is 1. The molecule has 0 radical (unpaired) electrons. The highest BCUT2D eigenvalue weighted by molar-refractivity contribution is 7.89. The number of benzene rings is 1. The third-order valence-electron chi connectivity index (χ3n) is 3.94. The van der Waals surface area contributed by atoms with Crippen LogP contribution in [-0.4, -0.2) is 57.2 Å². The van der Waals surface area contributed by atoms with Crippen LogP contribution in [0, 0.1) is 5.92 Å². The van der Waals surface area contributed by atoms with E-state index in [0.29, 0.717) is 5.75 Å². The Kier molecular flexibility index (Phi) is 6.09. The van der Waals surface area contributed by atoms with Gasteiger partial charge in [-0.1, -0.05) is 6.92 Å². The average molecular weight is 385 g/mol. The Balaban J connectivity index is 2.17. The first-order chi connectivity index (χ1) is 12.1. The Morgan fingerprint density at radius 2 is 2.04 bits per heavy atom. The van der Waals surface area contributed by atoms with Crippen LogP contribution in [0.3, 0.4) is 0 Å². The predicted octanol–water partition coefficient (Wildman–Crippen LogP) is 1.32. The van der Waals surface area contributed by atoms with Gasteiger partial charge in [-0.25, -0.2) is 17.9 Å². The van der Waals surface area contributed by atoms with E-state index in [4.69, 9.17) is 9.84 Å². The second-order valence-corrected chi connectivity index (χ2v) is 8.02. The van der Waals surface area contributed by atoms with E-state index >= 15 is 0 Å². The number of nitrogens with one attached hydrogen (secondary N) is 2. The Bertz CT molecular complexity index is 791. The summed E-state index contributed by atoms with van der Waals surface area (Å²) in [5.74, 6) is -1.45. The number of hydrogen-bond acceptors (Lipinski definition) is 5. The molecule has 1 unspecified atom stereocenters. The molecule has 1 aromatic carbocycles. The standard InChI is InChI=1S/C16H23N3O6S/c1-10(15(20)21)9-19(2)16(22)17-13-8-12(6-7-14(13)25-3)26(23,24)18-11-4-5-11/h6-8,10-11,18H,4-5,9H2,1-3H3,(H,17,22)(H,20,21). The van der Waals surface area contributed by atoms with Crippen molar-refractivity contribution in [1.29, 1.82) is 0 Å². The van der Waals surface area contributed by atoms with Crippen LogP contribution >= 0.6 is 0 Å². The maximum absolute atomic E-state index is 12.3. The smallest absolute Gasteiger partial charge is 0.321 e. The Morgan fingerprint density at radius 1 is 1.38 bits per heavy atom. The number of ether oxygens (including phenoxy) is 1. The van der Waals surface area contributed by atoms with E-state index in [1.807, 2.05) is 0 Å². The van der Waals surface area contributed by atoms with Crippen LogP contribution in [0.2, 0.25) is 0 Å². The predicted molar refractivity (Wildman–Crippen MR) is 94.8 cm³/mol. The number of carbonyl (C=O) groups is 2. The summed E-state index contributed by atoms with van der Waals surface area (Å²) in [4.78, 5) is 24.4. The summed E-state index contributed by atoms with van der Waals surface area (Å²) in [6.07, 6.45) is 1.62. The van der Waals surface area contributed by atoms with Crippen LogP contribution in [0.25, 0.3) is 0 Å². The van der Waals surface area contributed by atoms with E-state index in [9.17, 15) is 18.0 Å². The van der Waals surface area contributed by atoms with Gasteiger partial charge >= 0.3 is 12.0 Å². The van der Waals surface area contributed by atoms with Crippen LogP contribution in [0.4, 0.5) is 10.5 Å². The van der Waals surface area contributed by atoms with Crippen molar-refractivity contribution in [1.82, 2.24) is 9.62 Å². The molecule has 0 bridgehead atoms. The van der Waals surface area contributed by atoms with Crippen LogP contribution in [0.15, 0.2) is 23.1 Å². The molecule has 1 atom stereocenters. The molecule has 0 spiro atoms. The molecule has 3 N–H and O–H groups in total. The number of amides is 2. The molecule has 1 saturated carbocycles. The minimum Gasteiger partial charge on any atom is -0.495 e. The molecule has 26 heavy (non-hydrogen) atoms. The zero-order valence-corrected chi connectivity index (χ0v) is 15.7. The number of urea groups is 1. The molecular formula is C16H23N3O6S. The summed E-state index contributed by atoms with van der Waals surface area (Å²) in [5.41, 5.74) is 0.186. The van der Waals surface area contributed by atoms with Crippen LogP contribution in [-0.2, 0) is 14.8 Å². The fourth-order valence-corrected chi connectivity index (χ4v) is 3.55.